The third-order valence-corrected chi connectivity index (χ3v) is 15.5. The van der Waals surface area contributed by atoms with Crippen molar-refractivity contribution in [3.05, 3.63) is 24.3 Å². The fourth-order valence-corrected chi connectivity index (χ4v) is 10.2. The molecule has 0 heterocycles. The molecule has 0 aliphatic carbocycles. The van der Waals surface area contributed by atoms with Crippen LogP contribution in [0.4, 0.5) is 0 Å². The van der Waals surface area contributed by atoms with Crippen LogP contribution in [0.2, 0.25) is 0 Å². The zero-order valence-electron chi connectivity index (χ0n) is 52.6. The molecule has 0 aromatic rings. The third kappa shape index (κ3) is 61.4. The highest BCUT2D eigenvalue weighted by Crippen LogP contribution is 2.19. The molecule has 0 fully saturated rings. The highest BCUT2D eigenvalue weighted by atomic mass is 16.7. The Labute approximate surface area is 484 Å². The fourth-order valence-electron chi connectivity index (χ4n) is 10.2. The van der Waals surface area contributed by atoms with E-state index in [2.05, 4.69) is 38.2 Å². The van der Waals surface area contributed by atoms with Gasteiger partial charge in [0.05, 0.1) is 40.3 Å². The highest BCUT2D eigenvalue weighted by molar-refractivity contribution is 5.70. The molecule has 460 valence electrons. The van der Waals surface area contributed by atoms with Gasteiger partial charge in [0.2, 0.25) is 0 Å². The van der Waals surface area contributed by atoms with Crippen LogP contribution in [0.25, 0.3) is 0 Å². The maximum Gasteiger partial charge on any atom is 0.306 e. The van der Waals surface area contributed by atoms with E-state index >= 15 is 0 Å². The van der Waals surface area contributed by atoms with Gasteiger partial charge in [0.25, 0.3) is 0 Å². The summed E-state index contributed by atoms with van der Waals surface area (Å²) in [6.45, 7) is 4.77. The second kappa shape index (κ2) is 60.9. The van der Waals surface area contributed by atoms with Crippen molar-refractivity contribution in [3.8, 4) is 0 Å². The van der Waals surface area contributed by atoms with Crippen LogP contribution in [-0.2, 0) is 33.3 Å². The van der Waals surface area contributed by atoms with Crippen molar-refractivity contribution in [1.82, 2.24) is 0 Å². The molecular formula is C69H131NO8. The molecular weight excluding hydrogens is 971 g/mol. The predicted octanol–water partition coefficient (Wildman–Crippen LogP) is 19.3. The number of esters is 2. The van der Waals surface area contributed by atoms with Crippen molar-refractivity contribution >= 4 is 17.9 Å². The van der Waals surface area contributed by atoms with Crippen molar-refractivity contribution in [2.75, 3.05) is 47.5 Å². The lowest BCUT2D eigenvalue weighted by molar-refractivity contribution is -0.870. The van der Waals surface area contributed by atoms with E-state index in [1.165, 1.54) is 257 Å². The predicted molar refractivity (Wildman–Crippen MR) is 330 cm³/mol. The normalized spacial score (nSPS) is 12.8. The summed E-state index contributed by atoms with van der Waals surface area (Å²) in [7, 11) is 5.93. The van der Waals surface area contributed by atoms with E-state index in [1.54, 1.807) is 0 Å². The highest BCUT2D eigenvalue weighted by Gasteiger charge is 2.22. The number of unbranched alkanes of at least 4 members (excludes halogenated alkanes) is 45. The first-order chi connectivity index (χ1) is 38.1. The topological polar surface area (TPSA) is 111 Å². The number of allylic oxidation sites excluding steroid dienone is 4. The SMILES string of the molecule is CCCCC/C=C\C/C=C\CCCCCCCCCC(=O)OC(COC(=O)CCCCCCCCCCCCCCCCCCCCCCCCCCCCCCCCCCCCCC)COC(OCC[N+](C)(C)C)C(=O)[O-]. The molecule has 9 heteroatoms. The van der Waals surface area contributed by atoms with Crippen molar-refractivity contribution in [2.45, 2.75) is 354 Å². The first-order valence-corrected chi connectivity index (χ1v) is 34.0. The van der Waals surface area contributed by atoms with Crippen LogP contribution in [0.3, 0.4) is 0 Å². The molecule has 2 atom stereocenters. The van der Waals surface area contributed by atoms with E-state index < -0.39 is 24.3 Å². The Morgan fingerprint density at radius 3 is 1.04 bits per heavy atom. The average molecular weight is 1100 g/mol. The lowest BCUT2D eigenvalue weighted by atomic mass is 10.0. The van der Waals surface area contributed by atoms with E-state index in [4.69, 9.17) is 18.9 Å². The summed E-state index contributed by atoms with van der Waals surface area (Å²) >= 11 is 0. The number of hydrogen-bond acceptors (Lipinski definition) is 8. The van der Waals surface area contributed by atoms with Crippen molar-refractivity contribution in [1.29, 1.82) is 0 Å². The number of aliphatic carboxylic acids is 1. The number of likely N-dealkylation sites (N-methyl/N-ethyl adjacent to an activating group) is 1. The fraction of sp³-hybridized carbons (Fsp3) is 0.899. The summed E-state index contributed by atoms with van der Waals surface area (Å²) in [6, 6.07) is 0. The Balaban J connectivity index is 3.96. The molecule has 0 aliphatic heterocycles. The first-order valence-electron chi connectivity index (χ1n) is 34.0. The second-order valence-corrected chi connectivity index (χ2v) is 24.5. The Morgan fingerprint density at radius 2 is 0.692 bits per heavy atom. The van der Waals surface area contributed by atoms with Crippen LogP contribution >= 0.6 is 0 Å². The molecule has 78 heavy (non-hydrogen) atoms. The quantitative estimate of drug-likeness (QED) is 0.0195. The summed E-state index contributed by atoms with van der Waals surface area (Å²) in [4.78, 5) is 37.4. The maximum absolute atomic E-state index is 12.9. The molecule has 0 aliphatic rings. The summed E-state index contributed by atoms with van der Waals surface area (Å²) in [5, 5.41) is 11.8. The number of rotatable bonds is 64. The zero-order chi connectivity index (χ0) is 56.9. The molecule has 0 rings (SSSR count). The van der Waals surface area contributed by atoms with Crippen molar-refractivity contribution in [3.63, 3.8) is 0 Å². The van der Waals surface area contributed by atoms with E-state index in [0.29, 0.717) is 23.9 Å². The van der Waals surface area contributed by atoms with E-state index in [1.807, 2.05) is 21.1 Å². The van der Waals surface area contributed by atoms with Gasteiger partial charge in [0.1, 0.15) is 13.2 Å². The molecule has 0 saturated carbocycles. The number of hydrogen-bond donors (Lipinski definition) is 0. The van der Waals surface area contributed by atoms with E-state index in [0.717, 1.165) is 51.4 Å². The van der Waals surface area contributed by atoms with Crippen LogP contribution < -0.4 is 5.11 Å². The molecule has 2 unspecified atom stereocenters. The molecule has 0 radical (unpaired) electrons. The Hall–Kier alpha value is -2.23. The standard InChI is InChI=1S/C69H131NO8/c1-6-8-10-12-14-16-18-20-22-24-25-26-27-28-29-30-31-32-33-34-35-36-37-38-39-40-41-42-44-45-47-49-51-53-55-57-59-66(71)76-63-65(64-77-69(68(73)74)75-62-61-70(3,4)5)78-67(72)60-58-56-54-52-50-48-46-43-23-21-19-17-15-13-11-9-7-2/h15,17,21,23,65,69H,6-14,16,18-20,22,24-64H2,1-5H3/b17-15-,23-21-. The smallest absolute Gasteiger partial charge is 0.306 e. The number of carboxylic acid groups (broad SMARTS) is 1. The van der Waals surface area contributed by atoms with Crippen molar-refractivity contribution in [2.24, 2.45) is 0 Å². The summed E-state index contributed by atoms with van der Waals surface area (Å²) in [5.74, 6) is -2.27. The lowest BCUT2D eigenvalue weighted by Crippen LogP contribution is -2.44. The number of carbonyl (C=O) groups excluding carboxylic acids is 3. The van der Waals surface area contributed by atoms with Crippen LogP contribution in [0.1, 0.15) is 341 Å². The summed E-state index contributed by atoms with van der Waals surface area (Å²) in [6.07, 6.45) is 71.4. The molecule has 9 nitrogen and oxygen atoms in total. The third-order valence-electron chi connectivity index (χ3n) is 15.5. The van der Waals surface area contributed by atoms with Gasteiger partial charge in [-0.3, -0.25) is 9.59 Å². The molecule has 0 aromatic carbocycles. The van der Waals surface area contributed by atoms with Crippen LogP contribution in [0.5, 0.6) is 0 Å². The minimum Gasteiger partial charge on any atom is -0.545 e. The molecule has 0 N–H and O–H groups in total. The second-order valence-electron chi connectivity index (χ2n) is 24.5. The summed E-state index contributed by atoms with van der Waals surface area (Å²) in [5.41, 5.74) is 0. The maximum atomic E-state index is 12.9. The minimum absolute atomic E-state index is 0.148. The van der Waals surface area contributed by atoms with Gasteiger partial charge in [-0.2, -0.15) is 0 Å². The van der Waals surface area contributed by atoms with Gasteiger partial charge < -0.3 is 33.3 Å². The first kappa shape index (κ1) is 75.8. The van der Waals surface area contributed by atoms with Crippen LogP contribution in [0, 0.1) is 0 Å². The number of carbonyl (C=O) groups is 3. The van der Waals surface area contributed by atoms with Gasteiger partial charge >= 0.3 is 11.9 Å². The number of quaternary nitrogens is 1. The van der Waals surface area contributed by atoms with Gasteiger partial charge in [-0.1, -0.05) is 308 Å². The monoisotopic (exact) mass is 1100 g/mol. The molecule has 0 saturated heterocycles. The van der Waals surface area contributed by atoms with Crippen LogP contribution in [-0.4, -0.2) is 82.3 Å². The molecule has 0 aromatic heterocycles. The molecule has 0 bridgehead atoms. The van der Waals surface area contributed by atoms with Gasteiger partial charge in [-0.15, -0.1) is 0 Å². The van der Waals surface area contributed by atoms with Gasteiger partial charge in [-0.05, 0) is 44.9 Å². The van der Waals surface area contributed by atoms with Gasteiger partial charge in [0.15, 0.2) is 12.4 Å². The minimum atomic E-state index is -1.62. The van der Waals surface area contributed by atoms with E-state index in [9.17, 15) is 19.5 Å². The number of nitrogens with zero attached hydrogens (tertiary/aromatic N) is 1. The lowest BCUT2D eigenvalue weighted by Gasteiger charge is -2.26. The Bertz CT molecular complexity index is 1330. The average Bonchev–Trinajstić information content (AvgIpc) is 3.41. The Morgan fingerprint density at radius 1 is 0.385 bits per heavy atom. The summed E-state index contributed by atoms with van der Waals surface area (Å²) < 4.78 is 22.7. The van der Waals surface area contributed by atoms with E-state index in [-0.39, 0.29) is 32.2 Å². The largest absolute Gasteiger partial charge is 0.545 e. The van der Waals surface area contributed by atoms with Crippen molar-refractivity contribution < 1.29 is 42.9 Å². The van der Waals surface area contributed by atoms with Gasteiger partial charge in [-0.25, -0.2) is 0 Å². The number of ether oxygens (including phenoxy) is 4. The Kier molecular flexibility index (Phi) is 59.1. The van der Waals surface area contributed by atoms with Gasteiger partial charge in [0, 0.05) is 12.8 Å². The zero-order valence-corrected chi connectivity index (χ0v) is 52.6. The molecule has 0 spiro atoms. The van der Waals surface area contributed by atoms with Crippen LogP contribution in [0.15, 0.2) is 24.3 Å². The number of carboxylic acids is 1. The molecule has 0 amide bonds.